The Morgan fingerprint density at radius 1 is 0.278 bits per heavy atom. The summed E-state index contributed by atoms with van der Waals surface area (Å²) in [7, 11) is -9.91. The van der Waals surface area contributed by atoms with Gasteiger partial charge in [-0.15, -0.1) is 0 Å². The number of rotatable bonds is 78. The number of carbonyl (C=O) groups excluding carboxylic acids is 4. The maximum absolute atomic E-state index is 13.1. The van der Waals surface area contributed by atoms with Gasteiger partial charge in [0.2, 0.25) is 0 Å². The second-order valence-electron chi connectivity index (χ2n) is 28.6. The third-order valence-corrected chi connectivity index (χ3v) is 20.2. The Kier molecular flexibility index (Phi) is 69.6. The zero-order chi connectivity index (χ0) is 71.2. The standard InChI is InChI=1S/C78H152O17P2/c1-6-9-12-15-18-21-24-32-37-42-47-52-57-62-76(81)89-68-74(95-78(83)64-59-54-49-44-39-35-31-29-27-26-28-30-34-36-40-45-50-55-60-71(4)5)70-93-97(86,87)91-66-72(79)65-90-96(84,85)92-69-73(67-88-75(80)61-56-51-46-41-23-20-17-14-11-8-3)94-77(82)63-58-53-48-43-38-33-25-22-19-16-13-10-7-2/h71-74,79H,6-70H2,1-5H3,(H,84,85)(H,86,87)/t72-,73+,74+/m0/s1. The zero-order valence-electron chi connectivity index (χ0n) is 63.2. The van der Waals surface area contributed by atoms with Gasteiger partial charge in [0.15, 0.2) is 12.2 Å². The predicted molar refractivity (Wildman–Crippen MR) is 395 cm³/mol. The van der Waals surface area contributed by atoms with Gasteiger partial charge >= 0.3 is 39.5 Å². The molecule has 576 valence electrons. The second kappa shape index (κ2) is 71.1. The number of aliphatic hydroxyl groups is 1. The lowest BCUT2D eigenvalue weighted by Gasteiger charge is -2.21. The molecule has 5 atom stereocenters. The normalized spacial score (nSPS) is 13.9. The van der Waals surface area contributed by atoms with E-state index in [1.807, 2.05) is 0 Å². The fraction of sp³-hybridized carbons (Fsp3) is 0.949. The Balaban J connectivity index is 5.20. The van der Waals surface area contributed by atoms with Crippen LogP contribution in [0.1, 0.15) is 413 Å². The SMILES string of the molecule is CCCCCCCCCCCCCCCC(=O)OC[C@H](COP(=O)(O)OC[C@@H](O)COP(=O)(O)OC[C@@H](COC(=O)CCCCCCCCCCCC)OC(=O)CCCCCCCCCCCCCCC)OC(=O)CCCCCCCCCCCCCCCCCCCCC(C)C. The molecule has 0 radical (unpaired) electrons. The first-order valence-electron chi connectivity index (χ1n) is 40.6. The quantitative estimate of drug-likeness (QED) is 0.0222. The molecule has 0 saturated heterocycles. The highest BCUT2D eigenvalue weighted by molar-refractivity contribution is 7.47. The maximum atomic E-state index is 13.1. The summed E-state index contributed by atoms with van der Waals surface area (Å²) in [5, 5.41) is 10.6. The Bertz CT molecular complexity index is 1860. The van der Waals surface area contributed by atoms with E-state index in [4.69, 9.17) is 37.0 Å². The minimum atomic E-state index is -4.96. The van der Waals surface area contributed by atoms with Crippen LogP contribution >= 0.6 is 15.6 Å². The molecule has 0 amide bonds. The van der Waals surface area contributed by atoms with E-state index in [1.165, 1.54) is 238 Å². The summed E-state index contributed by atoms with van der Waals surface area (Å²) in [6.45, 7) is 7.34. The van der Waals surface area contributed by atoms with Crippen LogP contribution in [0.5, 0.6) is 0 Å². The van der Waals surface area contributed by atoms with Crippen molar-refractivity contribution in [3.8, 4) is 0 Å². The molecule has 0 aliphatic carbocycles. The molecule has 0 aromatic heterocycles. The van der Waals surface area contributed by atoms with Gasteiger partial charge in [-0.3, -0.25) is 37.3 Å². The van der Waals surface area contributed by atoms with Crippen LogP contribution in [0, 0.1) is 5.92 Å². The first-order valence-corrected chi connectivity index (χ1v) is 43.6. The van der Waals surface area contributed by atoms with Gasteiger partial charge in [0.25, 0.3) is 0 Å². The smallest absolute Gasteiger partial charge is 0.462 e. The highest BCUT2D eigenvalue weighted by Gasteiger charge is 2.30. The molecule has 3 N–H and O–H groups in total. The molecule has 0 aliphatic heterocycles. The number of unbranched alkanes of at least 4 members (excludes halogenated alkanes) is 50. The maximum Gasteiger partial charge on any atom is 0.472 e. The molecule has 17 nitrogen and oxygen atoms in total. The van der Waals surface area contributed by atoms with E-state index >= 15 is 0 Å². The number of phosphoric ester groups is 2. The van der Waals surface area contributed by atoms with Crippen LogP contribution in [-0.2, 0) is 65.4 Å². The van der Waals surface area contributed by atoms with Crippen LogP contribution in [-0.4, -0.2) is 96.7 Å². The second-order valence-corrected chi connectivity index (χ2v) is 31.5. The molecule has 0 aromatic rings. The van der Waals surface area contributed by atoms with Crippen molar-refractivity contribution in [1.29, 1.82) is 0 Å². The average molecular weight is 1420 g/mol. The topological polar surface area (TPSA) is 237 Å². The first kappa shape index (κ1) is 95.1. The molecule has 19 heteroatoms. The van der Waals surface area contributed by atoms with E-state index in [2.05, 4.69) is 34.6 Å². The Labute approximate surface area is 594 Å². The van der Waals surface area contributed by atoms with Gasteiger partial charge in [-0.05, 0) is 31.6 Å². The lowest BCUT2D eigenvalue weighted by atomic mass is 10.0. The largest absolute Gasteiger partial charge is 0.472 e. The Morgan fingerprint density at radius 2 is 0.474 bits per heavy atom. The van der Waals surface area contributed by atoms with Crippen molar-refractivity contribution in [3.05, 3.63) is 0 Å². The van der Waals surface area contributed by atoms with E-state index < -0.39 is 97.5 Å². The summed E-state index contributed by atoms with van der Waals surface area (Å²) in [6.07, 6.45) is 60.9. The first-order chi connectivity index (χ1) is 47.0. The fourth-order valence-electron chi connectivity index (χ4n) is 12.1. The number of phosphoric acid groups is 2. The van der Waals surface area contributed by atoms with Gasteiger partial charge in [-0.1, -0.05) is 362 Å². The zero-order valence-corrected chi connectivity index (χ0v) is 65.0. The van der Waals surface area contributed by atoms with Crippen molar-refractivity contribution in [2.45, 2.75) is 432 Å². The van der Waals surface area contributed by atoms with Crippen molar-refractivity contribution >= 4 is 39.5 Å². The Hall–Kier alpha value is -1.94. The minimum Gasteiger partial charge on any atom is -0.462 e. The van der Waals surface area contributed by atoms with Gasteiger partial charge in [0.05, 0.1) is 26.4 Å². The van der Waals surface area contributed by atoms with Crippen LogP contribution in [0.15, 0.2) is 0 Å². The summed E-state index contributed by atoms with van der Waals surface area (Å²) >= 11 is 0. The van der Waals surface area contributed by atoms with E-state index in [0.29, 0.717) is 25.7 Å². The number of aliphatic hydroxyl groups excluding tert-OH is 1. The molecule has 2 unspecified atom stereocenters. The van der Waals surface area contributed by atoms with E-state index in [1.54, 1.807) is 0 Å². The number of ether oxygens (including phenoxy) is 4. The number of esters is 4. The highest BCUT2D eigenvalue weighted by atomic mass is 31.2. The molecule has 0 fully saturated rings. The molecule has 0 bridgehead atoms. The van der Waals surface area contributed by atoms with E-state index in [-0.39, 0.29) is 25.7 Å². The fourth-order valence-corrected chi connectivity index (χ4v) is 13.6. The molecule has 0 rings (SSSR count). The van der Waals surface area contributed by atoms with Gasteiger partial charge in [0.1, 0.15) is 19.3 Å². The van der Waals surface area contributed by atoms with Crippen molar-refractivity contribution in [3.63, 3.8) is 0 Å². The molecule has 0 spiro atoms. The van der Waals surface area contributed by atoms with Crippen LogP contribution in [0.25, 0.3) is 0 Å². The van der Waals surface area contributed by atoms with Crippen molar-refractivity contribution in [2.75, 3.05) is 39.6 Å². The summed E-state index contributed by atoms with van der Waals surface area (Å²) in [5.41, 5.74) is 0. The van der Waals surface area contributed by atoms with Gasteiger partial charge in [0, 0.05) is 25.7 Å². The third-order valence-electron chi connectivity index (χ3n) is 18.3. The van der Waals surface area contributed by atoms with Gasteiger partial charge in [-0.2, -0.15) is 0 Å². The van der Waals surface area contributed by atoms with E-state index in [0.717, 1.165) is 95.8 Å². The molecule has 0 aliphatic rings. The van der Waals surface area contributed by atoms with Crippen molar-refractivity contribution in [1.82, 2.24) is 0 Å². The predicted octanol–water partition coefficient (Wildman–Crippen LogP) is 23.3. The molecule has 0 heterocycles. The molecule has 0 saturated carbocycles. The molecular formula is C78H152O17P2. The van der Waals surface area contributed by atoms with E-state index in [9.17, 15) is 43.2 Å². The molecular weight excluding hydrogens is 1270 g/mol. The average Bonchev–Trinajstić information content (AvgIpc) is 2.03. The number of carbonyl (C=O) groups is 4. The molecule has 97 heavy (non-hydrogen) atoms. The van der Waals surface area contributed by atoms with Gasteiger partial charge in [-0.25, -0.2) is 9.13 Å². The third kappa shape index (κ3) is 72.2. The summed E-state index contributed by atoms with van der Waals surface area (Å²) < 4.78 is 68.6. The lowest BCUT2D eigenvalue weighted by Crippen LogP contribution is -2.30. The monoisotopic (exact) mass is 1420 g/mol. The van der Waals surface area contributed by atoms with Crippen molar-refractivity contribution in [2.24, 2.45) is 5.92 Å². The highest BCUT2D eigenvalue weighted by Crippen LogP contribution is 2.45. The number of hydrogen-bond donors (Lipinski definition) is 3. The van der Waals surface area contributed by atoms with Crippen LogP contribution in [0.3, 0.4) is 0 Å². The minimum absolute atomic E-state index is 0.108. The molecule has 0 aromatic carbocycles. The van der Waals surface area contributed by atoms with Crippen LogP contribution in [0.2, 0.25) is 0 Å². The summed E-state index contributed by atoms with van der Waals surface area (Å²) in [6, 6.07) is 0. The Morgan fingerprint density at radius 3 is 0.701 bits per heavy atom. The summed E-state index contributed by atoms with van der Waals surface area (Å²) in [4.78, 5) is 72.8. The van der Waals surface area contributed by atoms with Crippen molar-refractivity contribution < 1.29 is 80.2 Å². The van der Waals surface area contributed by atoms with Crippen LogP contribution in [0.4, 0.5) is 0 Å². The summed E-state index contributed by atoms with van der Waals surface area (Å²) in [5.74, 6) is -1.29. The number of hydrogen-bond acceptors (Lipinski definition) is 15. The van der Waals surface area contributed by atoms with Gasteiger partial charge < -0.3 is 33.8 Å². The lowest BCUT2D eigenvalue weighted by molar-refractivity contribution is -0.161. The van der Waals surface area contributed by atoms with Crippen LogP contribution < -0.4 is 0 Å².